The molecule has 0 bridgehead atoms. The van der Waals surface area contributed by atoms with Gasteiger partial charge in [-0.1, -0.05) is 12.1 Å². The summed E-state index contributed by atoms with van der Waals surface area (Å²) in [6.07, 6.45) is 5.81. The maximum Gasteiger partial charge on any atom is 0.320 e. The third kappa shape index (κ3) is 4.54. The molecule has 174 valence electrons. The molecule has 33 heavy (non-hydrogen) atoms. The van der Waals surface area contributed by atoms with Gasteiger partial charge in [0.05, 0.1) is 5.00 Å². The first-order valence-electron chi connectivity index (χ1n) is 11.8. The second-order valence-electron chi connectivity index (χ2n) is 9.16. The number of carbonyl (C=O) groups is 1. The molecule has 3 aromatic rings. The molecular weight excluding hydrogens is 448 g/mol. The average Bonchev–Trinajstić information content (AvgIpc) is 3.35. The zero-order valence-electron chi connectivity index (χ0n) is 19.6. The number of hydrogen-bond acceptors (Lipinski definition) is 5. The highest BCUT2D eigenvalue weighted by molar-refractivity contribution is 7.16. The Balaban J connectivity index is 1.37. The second kappa shape index (κ2) is 9.49. The molecule has 2 aliphatic rings. The van der Waals surface area contributed by atoms with E-state index in [1.54, 1.807) is 11.3 Å². The summed E-state index contributed by atoms with van der Waals surface area (Å²) in [5, 5.41) is 10.8. The Morgan fingerprint density at radius 1 is 1.09 bits per heavy atom. The SMILES string of the molecule is Cc1c(NC(=O)NCc2c(-c3cccc(N(C)C)c3)sc3c2CCNC3)sc2c1CCCC2. The molecule has 1 aliphatic carbocycles. The van der Waals surface area contributed by atoms with Crippen molar-refractivity contribution in [3.8, 4) is 10.4 Å². The number of urea groups is 1. The first kappa shape index (κ1) is 22.4. The van der Waals surface area contributed by atoms with E-state index in [9.17, 15) is 4.79 Å². The van der Waals surface area contributed by atoms with Gasteiger partial charge >= 0.3 is 6.03 Å². The van der Waals surface area contributed by atoms with Gasteiger partial charge in [-0.25, -0.2) is 4.79 Å². The van der Waals surface area contributed by atoms with Gasteiger partial charge in [0.2, 0.25) is 0 Å². The highest BCUT2D eigenvalue weighted by atomic mass is 32.1. The van der Waals surface area contributed by atoms with Gasteiger partial charge in [0, 0.05) is 47.5 Å². The van der Waals surface area contributed by atoms with Crippen LogP contribution in [0.4, 0.5) is 15.5 Å². The molecule has 0 atom stereocenters. The number of amides is 2. The summed E-state index contributed by atoms with van der Waals surface area (Å²) in [6.45, 7) is 4.59. The van der Waals surface area contributed by atoms with Crippen molar-refractivity contribution in [3.63, 3.8) is 0 Å². The molecule has 0 spiro atoms. The minimum Gasteiger partial charge on any atom is -0.378 e. The zero-order valence-corrected chi connectivity index (χ0v) is 21.3. The number of nitrogens with one attached hydrogen (secondary N) is 3. The first-order valence-corrected chi connectivity index (χ1v) is 13.4. The number of rotatable bonds is 5. The van der Waals surface area contributed by atoms with Crippen LogP contribution >= 0.6 is 22.7 Å². The Labute approximate surface area is 204 Å². The molecule has 0 unspecified atom stereocenters. The third-order valence-electron chi connectivity index (χ3n) is 6.75. The number of carbonyl (C=O) groups excluding carboxylic acids is 1. The van der Waals surface area contributed by atoms with Crippen molar-refractivity contribution < 1.29 is 4.79 Å². The van der Waals surface area contributed by atoms with Gasteiger partial charge in [-0.3, -0.25) is 5.32 Å². The van der Waals surface area contributed by atoms with E-state index >= 15 is 0 Å². The predicted octanol–water partition coefficient (Wildman–Crippen LogP) is 5.70. The molecule has 7 heteroatoms. The Bertz CT molecular complexity index is 1180. The van der Waals surface area contributed by atoms with Crippen molar-refractivity contribution in [1.29, 1.82) is 0 Å². The standard InChI is InChI=1S/C26H32N4OS2/c1-16-19-9-4-5-10-22(19)33-25(16)29-26(31)28-14-21-20-11-12-27-15-23(20)32-24(21)17-7-6-8-18(13-17)30(2)3/h6-8,13,27H,4-5,9-12,14-15H2,1-3H3,(H2,28,29,31). The molecule has 0 radical (unpaired) electrons. The summed E-state index contributed by atoms with van der Waals surface area (Å²) in [4.78, 5) is 19.2. The van der Waals surface area contributed by atoms with Crippen LogP contribution in [0.1, 0.15) is 44.8 Å². The molecule has 0 saturated carbocycles. The van der Waals surface area contributed by atoms with Crippen LogP contribution < -0.4 is 20.9 Å². The van der Waals surface area contributed by atoms with Gasteiger partial charge < -0.3 is 15.5 Å². The van der Waals surface area contributed by atoms with E-state index in [1.807, 2.05) is 11.3 Å². The van der Waals surface area contributed by atoms with Crippen LogP contribution in [0.3, 0.4) is 0 Å². The quantitative estimate of drug-likeness (QED) is 0.439. The van der Waals surface area contributed by atoms with Crippen molar-refractivity contribution in [1.82, 2.24) is 10.6 Å². The van der Waals surface area contributed by atoms with Crippen LogP contribution in [0, 0.1) is 6.92 Å². The maximum absolute atomic E-state index is 12.9. The van der Waals surface area contributed by atoms with Gasteiger partial charge in [-0.05, 0) is 85.5 Å². The lowest BCUT2D eigenvalue weighted by molar-refractivity contribution is 0.252. The highest BCUT2D eigenvalue weighted by Gasteiger charge is 2.23. The number of nitrogens with zero attached hydrogens (tertiary/aromatic N) is 1. The molecule has 0 saturated heterocycles. The molecule has 0 fully saturated rings. The lowest BCUT2D eigenvalue weighted by atomic mass is 9.96. The Hall–Kier alpha value is -2.35. The van der Waals surface area contributed by atoms with Crippen molar-refractivity contribution in [3.05, 3.63) is 56.3 Å². The normalized spacial score (nSPS) is 15.0. The van der Waals surface area contributed by atoms with Crippen LogP contribution in [0.25, 0.3) is 10.4 Å². The molecule has 5 nitrogen and oxygen atoms in total. The fraction of sp³-hybridized carbons (Fsp3) is 0.423. The number of anilines is 2. The zero-order chi connectivity index (χ0) is 22.9. The number of hydrogen-bond donors (Lipinski definition) is 3. The molecule has 1 aromatic carbocycles. The predicted molar refractivity (Wildman–Crippen MR) is 141 cm³/mol. The Kier molecular flexibility index (Phi) is 6.45. The molecule has 3 heterocycles. The molecule has 1 aliphatic heterocycles. The van der Waals surface area contributed by atoms with E-state index in [2.05, 4.69) is 66.1 Å². The van der Waals surface area contributed by atoms with E-state index in [1.165, 1.54) is 61.0 Å². The summed E-state index contributed by atoms with van der Waals surface area (Å²) >= 11 is 3.62. The third-order valence-corrected chi connectivity index (χ3v) is 9.38. The molecule has 5 rings (SSSR count). The van der Waals surface area contributed by atoms with Crippen molar-refractivity contribution >= 4 is 39.4 Å². The van der Waals surface area contributed by atoms with E-state index in [0.717, 1.165) is 37.4 Å². The molecule has 3 N–H and O–H groups in total. The fourth-order valence-electron chi connectivity index (χ4n) is 4.90. The van der Waals surface area contributed by atoms with E-state index in [-0.39, 0.29) is 6.03 Å². The minimum absolute atomic E-state index is 0.112. The maximum atomic E-state index is 12.9. The summed E-state index contributed by atoms with van der Waals surface area (Å²) < 4.78 is 0. The fourth-order valence-corrected chi connectivity index (χ4v) is 7.53. The van der Waals surface area contributed by atoms with Gasteiger partial charge in [0.15, 0.2) is 0 Å². The summed E-state index contributed by atoms with van der Waals surface area (Å²) in [5.41, 5.74) is 7.80. The van der Waals surface area contributed by atoms with Crippen molar-refractivity contribution in [2.75, 3.05) is 30.9 Å². The van der Waals surface area contributed by atoms with Gasteiger partial charge in [-0.15, -0.1) is 22.7 Å². The van der Waals surface area contributed by atoms with Crippen molar-refractivity contribution in [2.45, 2.75) is 52.1 Å². The average molecular weight is 481 g/mol. The smallest absolute Gasteiger partial charge is 0.320 e. The molecule has 2 amide bonds. The van der Waals surface area contributed by atoms with Crippen LogP contribution in [0.2, 0.25) is 0 Å². The van der Waals surface area contributed by atoms with Crippen LogP contribution in [-0.2, 0) is 32.4 Å². The topological polar surface area (TPSA) is 56.4 Å². The van der Waals surface area contributed by atoms with Gasteiger partial charge in [0.1, 0.15) is 0 Å². The van der Waals surface area contributed by atoms with Crippen LogP contribution in [-0.4, -0.2) is 26.7 Å². The molecule has 2 aromatic heterocycles. The second-order valence-corrected chi connectivity index (χ2v) is 11.4. The number of benzene rings is 1. The van der Waals surface area contributed by atoms with Crippen molar-refractivity contribution in [2.24, 2.45) is 0 Å². The monoisotopic (exact) mass is 480 g/mol. The highest BCUT2D eigenvalue weighted by Crippen LogP contribution is 2.40. The number of aryl methyl sites for hydroxylation is 1. The number of fused-ring (bicyclic) bond motifs is 2. The van der Waals surface area contributed by atoms with Crippen LogP contribution in [0.15, 0.2) is 24.3 Å². The molecular formula is C26H32N4OS2. The first-order chi connectivity index (χ1) is 16.0. The Morgan fingerprint density at radius 2 is 1.94 bits per heavy atom. The van der Waals surface area contributed by atoms with Gasteiger partial charge in [-0.2, -0.15) is 0 Å². The van der Waals surface area contributed by atoms with E-state index in [4.69, 9.17) is 0 Å². The number of thiophene rings is 2. The van der Waals surface area contributed by atoms with Crippen LogP contribution in [0.5, 0.6) is 0 Å². The largest absolute Gasteiger partial charge is 0.378 e. The van der Waals surface area contributed by atoms with E-state index < -0.39 is 0 Å². The summed E-state index contributed by atoms with van der Waals surface area (Å²) in [5.74, 6) is 0. The lowest BCUT2D eigenvalue weighted by Crippen LogP contribution is -2.29. The Morgan fingerprint density at radius 3 is 2.76 bits per heavy atom. The van der Waals surface area contributed by atoms with Gasteiger partial charge in [0.25, 0.3) is 0 Å². The lowest BCUT2D eigenvalue weighted by Gasteiger charge is -2.16. The minimum atomic E-state index is -0.112. The summed E-state index contributed by atoms with van der Waals surface area (Å²) in [7, 11) is 4.14. The summed E-state index contributed by atoms with van der Waals surface area (Å²) in [6, 6.07) is 8.56. The van der Waals surface area contributed by atoms with E-state index in [0.29, 0.717) is 6.54 Å².